The molecule has 18 heavy (non-hydrogen) atoms. The van der Waals surface area contributed by atoms with Crippen LogP contribution in [0.2, 0.25) is 0 Å². The van der Waals surface area contributed by atoms with Crippen molar-refractivity contribution >= 4 is 0 Å². The molecule has 2 fully saturated rings. The van der Waals surface area contributed by atoms with Crippen LogP contribution in [0.4, 0.5) is 0 Å². The van der Waals surface area contributed by atoms with Gasteiger partial charge in [-0.05, 0) is 18.1 Å². The van der Waals surface area contributed by atoms with Gasteiger partial charge < -0.3 is 9.47 Å². The minimum atomic E-state index is -0.263. The first-order chi connectivity index (χ1) is 8.76. The molecule has 0 bridgehead atoms. The molecule has 0 saturated carbocycles. The van der Waals surface area contributed by atoms with Gasteiger partial charge in [0.15, 0.2) is 5.79 Å². The molecule has 0 aromatic carbocycles. The summed E-state index contributed by atoms with van der Waals surface area (Å²) >= 11 is 0. The van der Waals surface area contributed by atoms with Gasteiger partial charge in [-0.2, -0.15) is 0 Å². The van der Waals surface area contributed by atoms with Gasteiger partial charge in [-0.25, -0.2) is 0 Å². The van der Waals surface area contributed by atoms with E-state index in [1.807, 2.05) is 12.4 Å². The summed E-state index contributed by atoms with van der Waals surface area (Å²) in [6.45, 7) is 6.64. The first-order valence-corrected chi connectivity index (χ1v) is 6.67. The summed E-state index contributed by atoms with van der Waals surface area (Å²) < 4.78 is 11.5. The second kappa shape index (κ2) is 4.96. The monoisotopic (exact) mass is 248 g/mol. The Bertz CT molecular complexity index is 406. The Balaban J connectivity index is 1.57. The third kappa shape index (κ3) is 2.55. The van der Waals surface area contributed by atoms with Gasteiger partial charge in [0.1, 0.15) is 0 Å². The molecule has 1 aromatic heterocycles. The maximum absolute atomic E-state index is 5.74. The Kier molecular flexibility index (Phi) is 3.33. The molecule has 2 aliphatic heterocycles. The largest absolute Gasteiger partial charge is 0.347 e. The van der Waals surface area contributed by atoms with E-state index in [0.717, 1.165) is 45.7 Å². The summed E-state index contributed by atoms with van der Waals surface area (Å²) in [5, 5.41) is 0. The van der Waals surface area contributed by atoms with Gasteiger partial charge in [0.25, 0.3) is 0 Å². The third-order valence-corrected chi connectivity index (χ3v) is 3.77. The van der Waals surface area contributed by atoms with E-state index >= 15 is 0 Å². The van der Waals surface area contributed by atoms with Crippen LogP contribution in [-0.2, 0) is 16.0 Å². The normalized spacial score (nSPS) is 23.6. The molecule has 2 saturated heterocycles. The lowest BCUT2D eigenvalue weighted by molar-refractivity contribution is -0.185. The van der Waals surface area contributed by atoms with Crippen LogP contribution in [0.25, 0.3) is 0 Å². The van der Waals surface area contributed by atoms with Crippen molar-refractivity contribution in [2.24, 2.45) is 0 Å². The number of hydrogen-bond donors (Lipinski definition) is 0. The van der Waals surface area contributed by atoms with Crippen molar-refractivity contribution in [3.8, 4) is 0 Å². The molecule has 0 N–H and O–H groups in total. The van der Waals surface area contributed by atoms with Crippen LogP contribution in [0.15, 0.2) is 18.5 Å². The molecule has 0 atom stereocenters. The van der Waals surface area contributed by atoms with Crippen molar-refractivity contribution in [1.82, 2.24) is 9.88 Å². The van der Waals surface area contributed by atoms with E-state index in [2.05, 4.69) is 22.9 Å². The summed E-state index contributed by atoms with van der Waals surface area (Å²) in [5.41, 5.74) is 2.52. The molecule has 98 valence electrons. The maximum atomic E-state index is 5.74. The van der Waals surface area contributed by atoms with E-state index in [4.69, 9.17) is 9.47 Å². The SMILES string of the molecule is Cc1cncc(CN2CCC3(CC2)OCCO3)c1. The van der Waals surface area contributed by atoms with Crippen molar-refractivity contribution in [2.75, 3.05) is 26.3 Å². The molecule has 2 aliphatic rings. The first kappa shape index (κ1) is 12.1. The number of hydrogen-bond acceptors (Lipinski definition) is 4. The summed E-state index contributed by atoms with van der Waals surface area (Å²) in [4.78, 5) is 6.70. The van der Waals surface area contributed by atoms with E-state index < -0.39 is 0 Å². The van der Waals surface area contributed by atoms with Crippen molar-refractivity contribution in [3.63, 3.8) is 0 Å². The van der Waals surface area contributed by atoms with E-state index in [9.17, 15) is 0 Å². The van der Waals surface area contributed by atoms with Crippen LogP contribution < -0.4 is 0 Å². The van der Waals surface area contributed by atoms with Crippen molar-refractivity contribution in [2.45, 2.75) is 32.1 Å². The minimum absolute atomic E-state index is 0.263. The molecule has 0 aliphatic carbocycles. The molecule has 3 heterocycles. The second-order valence-electron chi connectivity index (χ2n) is 5.25. The topological polar surface area (TPSA) is 34.6 Å². The van der Waals surface area contributed by atoms with Gasteiger partial charge in [0.05, 0.1) is 13.2 Å². The van der Waals surface area contributed by atoms with E-state index in [0.29, 0.717) is 0 Å². The fourth-order valence-electron chi connectivity index (χ4n) is 2.80. The summed E-state index contributed by atoms with van der Waals surface area (Å²) in [7, 11) is 0. The molecule has 4 nitrogen and oxygen atoms in total. The van der Waals surface area contributed by atoms with E-state index in [-0.39, 0.29) is 5.79 Å². The highest BCUT2D eigenvalue weighted by molar-refractivity contribution is 5.16. The number of likely N-dealkylation sites (tertiary alicyclic amines) is 1. The van der Waals surface area contributed by atoms with Gasteiger partial charge in [0.2, 0.25) is 0 Å². The van der Waals surface area contributed by atoms with Crippen molar-refractivity contribution < 1.29 is 9.47 Å². The van der Waals surface area contributed by atoms with E-state index in [1.54, 1.807) is 0 Å². The number of aromatic nitrogens is 1. The molecular weight excluding hydrogens is 228 g/mol. The molecule has 0 unspecified atom stereocenters. The highest BCUT2D eigenvalue weighted by Crippen LogP contribution is 2.31. The molecule has 0 radical (unpaired) electrons. The molecule has 3 rings (SSSR count). The lowest BCUT2D eigenvalue weighted by Gasteiger charge is -2.37. The lowest BCUT2D eigenvalue weighted by Crippen LogP contribution is -2.44. The Hall–Kier alpha value is -0.970. The van der Waals surface area contributed by atoms with Crippen molar-refractivity contribution in [1.29, 1.82) is 0 Å². The smallest absolute Gasteiger partial charge is 0.170 e. The molecule has 0 amide bonds. The van der Waals surface area contributed by atoms with Crippen LogP contribution in [0.5, 0.6) is 0 Å². The number of piperidine rings is 1. The average molecular weight is 248 g/mol. The van der Waals surface area contributed by atoms with Gasteiger partial charge in [-0.3, -0.25) is 9.88 Å². The molecule has 1 spiro atoms. The zero-order valence-corrected chi connectivity index (χ0v) is 10.9. The lowest BCUT2D eigenvalue weighted by atomic mass is 10.0. The Morgan fingerprint density at radius 1 is 1.22 bits per heavy atom. The quantitative estimate of drug-likeness (QED) is 0.798. The Labute approximate surface area is 108 Å². The zero-order valence-electron chi connectivity index (χ0n) is 10.9. The number of rotatable bonds is 2. The second-order valence-corrected chi connectivity index (χ2v) is 5.25. The van der Waals surface area contributed by atoms with Crippen LogP contribution in [0.1, 0.15) is 24.0 Å². The number of nitrogens with zero attached hydrogens (tertiary/aromatic N) is 2. The predicted octanol–water partition coefficient (Wildman–Crippen LogP) is 1.73. The van der Waals surface area contributed by atoms with Gasteiger partial charge in [-0.1, -0.05) is 6.07 Å². The van der Waals surface area contributed by atoms with E-state index in [1.165, 1.54) is 11.1 Å². The Morgan fingerprint density at radius 3 is 2.61 bits per heavy atom. The van der Waals surface area contributed by atoms with Gasteiger partial charge in [0, 0.05) is 44.9 Å². The van der Waals surface area contributed by atoms with Gasteiger partial charge in [-0.15, -0.1) is 0 Å². The van der Waals surface area contributed by atoms with Crippen LogP contribution in [0, 0.1) is 6.92 Å². The number of aryl methyl sites for hydroxylation is 1. The summed E-state index contributed by atoms with van der Waals surface area (Å²) in [6.07, 6.45) is 5.81. The summed E-state index contributed by atoms with van der Waals surface area (Å²) in [5.74, 6) is -0.263. The van der Waals surface area contributed by atoms with Crippen LogP contribution in [0.3, 0.4) is 0 Å². The summed E-state index contributed by atoms with van der Waals surface area (Å²) in [6, 6.07) is 2.21. The maximum Gasteiger partial charge on any atom is 0.170 e. The molecule has 4 heteroatoms. The first-order valence-electron chi connectivity index (χ1n) is 6.67. The number of ether oxygens (including phenoxy) is 2. The Morgan fingerprint density at radius 2 is 1.94 bits per heavy atom. The van der Waals surface area contributed by atoms with Gasteiger partial charge >= 0.3 is 0 Å². The number of pyridine rings is 1. The minimum Gasteiger partial charge on any atom is -0.347 e. The average Bonchev–Trinajstić information content (AvgIpc) is 2.81. The highest BCUT2D eigenvalue weighted by atomic mass is 16.7. The fraction of sp³-hybridized carbons (Fsp3) is 0.643. The predicted molar refractivity (Wildman–Crippen MR) is 68.1 cm³/mol. The molecule has 1 aromatic rings. The fourth-order valence-corrected chi connectivity index (χ4v) is 2.80. The van der Waals surface area contributed by atoms with Crippen LogP contribution >= 0.6 is 0 Å². The highest BCUT2D eigenvalue weighted by Gasteiger charge is 2.39. The van der Waals surface area contributed by atoms with Crippen LogP contribution in [-0.4, -0.2) is 42.0 Å². The third-order valence-electron chi connectivity index (χ3n) is 3.77. The van der Waals surface area contributed by atoms with Crippen molar-refractivity contribution in [3.05, 3.63) is 29.6 Å². The molecular formula is C14H20N2O2. The zero-order chi connectivity index (χ0) is 12.4. The standard InChI is InChI=1S/C14H20N2O2/c1-12-8-13(10-15-9-12)11-16-4-2-14(3-5-16)17-6-7-18-14/h8-10H,2-7,11H2,1H3.